The van der Waals surface area contributed by atoms with E-state index < -0.39 is 0 Å². The van der Waals surface area contributed by atoms with Crippen molar-refractivity contribution in [3.8, 4) is 0 Å². The van der Waals surface area contributed by atoms with Crippen molar-refractivity contribution in [3.05, 3.63) is 65.2 Å². The summed E-state index contributed by atoms with van der Waals surface area (Å²) in [5.74, 6) is 0.845. The number of aryl methyl sites for hydroxylation is 1. The van der Waals surface area contributed by atoms with Gasteiger partial charge in [-0.3, -0.25) is 0 Å². The molecule has 0 saturated carbocycles. The summed E-state index contributed by atoms with van der Waals surface area (Å²) in [6.45, 7) is 9.94. The first-order valence-corrected chi connectivity index (χ1v) is 9.75. The fourth-order valence-corrected chi connectivity index (χ4v) is 3.25. The van der Waals surface area contributed by atoms with E-state index >= 15 is 0 Å². The third-order valence-corrected chi connectivity index (χ3v) is 4.80. The van der Waals surface area contributed by atoms with Crippen LogP contribution in [0.4, 0.5) is 5.69 Å². The molecule has 5 heteroatoms. The zero-order chi connectivity index (χ0) is 18.9. The zero-order valence-electron chi connectivity index (χ0n) is 16.4. The van der Waals surface area contributed by atoms with Crippen molar-refractivity contribution >= 4 is 11.6 Å². The van der Waals surface area contributed by atoms with Gasteiger partial charge in [0.05, 0.1) is 19.8 Å². The second kappa shape index (κ2) is 9.97. The fraction of sp³-hybridized carbons (Fsp3) is 0.409. The molecule has 1 fully saturated rings. The highest BCUT2D eigenvalue weighted by Gasteiger charge is 2.14. The summed E-state index contributed by atoms with van der Waals surface area (Å²) in [5.41, 5.74) is 5.09. The van der Waals surface area contributed by atoms with Crippen LogP contribution in [0.3, 0.4) is 0 Å². The van der Waals surface area contributed by atoms with Crippen molar-refractivity contribution in [1.29, 1.82) is 0 Å². The SMILES string of the molecule is CCNC(=NCc1ccccc1N1CCOCC1)NCc1ccccc1C. The number of benzene rings is 2. The highest BCUT2D eigenvalue weighted by Crippen LogP contribution is 2.22. The lowest BCUT2D eigenvalue weighted by atomic mass is 10.1. The molecule has 0 atom stereocenters. The Morgan fingerprint density at radius 3 is 2.44 bits per heavy atom. The van der Waals surface area contributed by atoms with Gasteiger partial charge in [-0.1, -0.05) is 42.5 Å². The first-order chi connectivity index (χ1) is 13.3. The van der Waals surface area contributed by atoms with Gasteiger partial charge in [0.15, 0.2) is 5.96 Å². The topological polar surface area (TPSA) is 48.9 Å². The summed E-state index contributed by atoms with van der Waals surface area (Å²) in [7, 11) is 0. The van der Waals surface area contributed by atoms with Gasteiger partial charge in [0.25, 0.3) is 0 Å². The highest BCUT2D eigenvalue weighted by atomic mass is 16.5. The molecule has 0 aromatic heterocycles. The Labute approximate surface area is 162 Å². The summed E-state index contributed by atoms with van der Waals surface area (Å²) in [6.07, 6.45) is 0. The normalized spacial score (nSPS) is 14.9. The number of guanidine groups is 1. The van der Waals surface area contributed by atoms with Crippen LogP contribution in [0.1, 0.15) is 23.6 Å². The van der Waals surface area contributed by atoms with E-state index in [0.29, 0.717) is 6.54 Å². The molecule has 0 amide bonds. The lowest BCUT2D eigenvalue weighted by molar-refractivity contribution is 0.122. The minimum absolute atomic E-state index is 0.649. The van der Waals surface area contributed by atoms with E-state index in [2.05, 4.69) is 77.9 Å². The molecular weight excluding hydrogens is 336 g/mol. The highest BCUT2D eigenvalue weighted by molar-refractivity contribution is 5.79. The third-order valence-electron chi connectivity index (χ3n) is 4.80. The van der Waals surface area contributed by atoms with Gasteiger partial charge in [0.1, 0.15) is 0 Å². The number of hydrogen-bond donors (Lipinski definition) is 2. The molecule has 5 nitrogen and oxygen atoms in total. The number of nitrogens with one attached hydrogen (secondary N) is 2. The van der Waals surface area contributed by atoms with Crippen LogP contribution in [0.5, 0.6) is 0 Å². The first-order valence-electron chi connectivity index (χ1n) is 9.75. The molecule has 1 saturated heterocycles. The Hall–Kier alpha value is -2.53. The molecule has 27 heavy (non-hydrogen) atoms. The molecule has 0 spiro atoms. The van der Waals surface area contributed by atoms with Crippen molar-refractivity contribution in [2.75, 3.05) is 37.7 Å². The van der Waals surface area contributed by atoms with Crippen molar-refractivity contribution in [2.24, 2.45) is 4.99 Å². The lowest BCUT2D eigenvalue weighted by Crippen LogP contribution is -2.37. The summed E-state index contributed by atoms with van der Waals surface area (Å²) < 4.78 is 5.49. The maximum Gasteiger partial charge on any atom is 0.191 e. The number of aliphatic imine (C=N–C) groups is 1. The summed E-state index contributed by atoms with van der Waals surface area (Å²) in [4.78, 5) is 7.21. The molecule has 3 rings (SSSR count). The largest absolute Gasteiger partial charge is 0.378 e. The maximum absolute atomic E-state index is 5.49. The van der Waals surface area contributed by atoms with E-state index in [1.165, 1.54) is 22.4 Å². The number of anilines is 1. The zero-order valence-corrected chi connectivity index (χ0v) is 16.4. The van der Waals surface area contributed by atoms with E-state index in [9.17, 15) is 0 Å². The molecule has 2 N–H and O–H groups in total. The molecule has 1 heterocycles. The smallest absolute Gasteiger partial charge is 0.191 e. The number of hydrogen-bond acceptors (Lipinski definition) is 3. The summed E-state index contributed by atoms with van der Waals surface area (Å²) in [6, 6.07) is 17.0. The molecule has 1 aliphatic rings. The molecule has 144 valence electrons. The molecule has 2 aromatic carbocycles. The average molecular weight is 367 g/mol. The first kappa shape index (κ1) is 19.2. The number of nitrogens with zero attached hydrogens (tertiary/aromatic N) is 2. The molecule has 0 radical (unpaired) electrons. The van der Waals surface area contributed by atoms with Crippen LogP contribution in [0.15, 0.2) is 53.5 Å². The van der Waals surface area contributed by atoms with Crippen LogP contribution < -0.4 is 15.5 Å². The van der Waals surface area contributed by atoms with Crippen molar-refractivity contribution in [3.63, 3.8) is 0 Å². The van der Waals surface area contributed by atoms with Crippen LogP contribution in [-0.4, -0.2) is 38.8 Å². The lowest BCUT2D eigenvalue weighted by Gasteiger charge is -2.30. The number of morpholine rings is 1. The Balaban J connectivity index is 1.69. The summed E-state index contributed by atoms with van der Waals surface area (Å²) in [5, 5.41) is 6.80. The average Bonchev–Trinajstić information content (AvgIpc) is 2.72. The Morgan fingerprint density at radius 2 is 1.70 bits per heavy atom. The van der Waals surface area contributed by atoms with Gasteiger partial charge in [-0.2, -0.15) is 0 Å². The van der Waals surface area contributed by atoms with Gasteiger partial charge in [-0.25, -0.2) is 4.99 Å². The fourth-order valence-electron chi connectivity index (χ4n) is 3.25. The maximum atomic E-state index is 5.49. The van der Waals surface area contributed by atoms with Crippen LogP contribution in [-0.2, 0) is 17.8 Å². The van der Waals surface area contributed by atoms with E-state index in [1.54, 1.807) is 0 Å². The van der Waals surface area contributed by atoms with Crippen LogP contribution in [0.2, 0.25) is 0 Å². The number of para-hydroxylation sites is 1. The number of rotatable bonds is 6. The van der Waals surface area contributed by atoms with Crippen molar-refractivity contribution in [2.45, 2.75) is 26.9 Å². The van der Waals surface area contributed by atoms with Crippen LogP contribution >= 0.6 is 0 Å². The standard InChI is InChI=1S/C22H30N4O/c1-3-23-22(24-16-19-9-5-4-8-18(19)2)25-17-20-10-6-7-11-21(20)26-12-14-27-15-13-26/h4-11H,3,12-17H2,1-2H3,(H2,23,24,25). The van der Waals surface area contributed by atoms with Gasteiger partial charge in [0.2, 0.25) is 0 Å². The molecular formula is C22H30N4O. The molecule has 0 aliphatic carbocycles. The monoisotopic (exact) mass is 366 g/mol. The Kier molecular flexibility index (Phi) is 7.11. The molecule has 0 bridgehead atoms. The van der Waals surface area contributed by atoms with Gasteiger partial charge in [-0.15, -0.1) is 0 Å². The minimum atomic E-state index is 0.649. The predicted molar refractivity (Wildman–Crippen MR) is 112 cm³/mol. The van der Waals surface area contributed by atoms with Crippen molar-refractivity contribution in [1.82, 2.24) is 10.6 Å². The van der Waals surface area contributed by atoms with E-state index in [4.69, 9.17) is 9.73 Å². The summed E-state index contributed by atoms with van der Waals surface area (Å²) >= 11 is 0. The van der Waals surface area contributed by atoms with Gasteiger partial charge < -0.3 is 20.3 Å². The quantitative estimate of drug-likeness (QED) is 0.609. The third kappa shape index (κ3) is 5.47. The van der Waals surface area contributed by atoms with E-state index in [1.807, 2.05) is 0 Å². The van der Waals surface area contributed by atoms with Gasteiger partial charge >= 0.3 is 0 Å². The van der Waals surface area contributed by atoms with Gasteiger partial charge in [-0.05, 0) is 36.6 Å². The number of ether oxygens (including phenoxy) is 1. The minimum Gasteiger partial charge on any atom is -0.378 e. The van der Waals surface area contributed by atoms with E-state index in [-0.39, 0.29) is 0 Å². The predicted octanol–water partition coefficient (Wildman–Crippen LogP) is 3.09. The van der Waals surface area contributed by atoms with Crippen LogP contribution in [0.25, 0.3) is 0 Å². The second-order valence-electron chi connectivity index (χ2n) is 6.70. The van der Waals surface area contributed by atoms with E-state index in [0.717, 1.165) is 45.4 Å². The molecule has 2 aromatic rings. The Morgan fingerprint density at radius 1 is 1.00 bits per heavy atom. The van der Waals surface area contributed by atoms with Crippen molar-refractivity contribution < 1.29 is 4.74 Å². The second-order valence-corrected chi connectivity index (χ2v) is 6.70. The van der Waals surface area contributed by atoms with Crippen LogP contribution in [0, 0.1) is 6.92 Å². The molecule has 1 aliphatic heterocycles. The Bertz CT molecular complexity index is 753. The van der Waals surface area contributed by atoms with Gasteiger partial charge in [0, 0.05) is 31.9 Å². The molecule has 0 unspecified atom stereocenters.